The van der Waals surface area contributed by atoms with Gasteiger partial charge in [-0.1, -0.05) is 6.92 Å². The van der Waals surface area contributed by atoms with Crippen LogP contribution in [0.5, 0.6) is 5.75 Å². The quantitative estimate of drug-likeness (QED) is 0.790. The third-order valence-corrected chi connectivity index (χ3v) is 4.26. The van der Waals surface area contributed by atoms with Gasteiger partial charge in [0.1, 0.15) is 12.3 Å². The van der Waals surface area contributed by atoms with Gasteiger partial charge in [-0.25, -0.2) is 0 Å². The van der Waals surface area contributed by atoms with Crippen LogP contribution in [0.2, 0.25) is 0 Å². The predicted molar refractivity (Wildman–Crippen MR) is 98.9 cm³/mol. The molecule has 0 aliphatic carbocycles. The summed E-state index contributed by atoms with van der Waals surface area (Å²) >= 11 is 0. The van der Waals surface area contributed by atoms with Gasteiger partial charge in [0.25, 0.3) is 5.91 Å². The zero-order chi connectivity index (χ0) is 19.6. The molecule has 3 rings (SSSR count). The molecule has 0 atom stereocenters. The van der Waals surface area contributed by atoms with Crippen LogP contribution < -0.4 is 15.0 Å². The number of carbonyl (C=O) groups excluding carboxylic acids is 3. The number of benzene rings is 1. The van der Waals surface area contributed by atoms with Crippen molar-refractivity contribution in [1.29, 1.82) is 0 Å². The summed E-state index contributed by atoms with van der Waals surface area (Å²) in [6.45, 7) is 5.64. The second-order valence-corrected chi connectivity index (χ2v) is 6.84. The first kappa shape index (κ1) is 18.7. The number of ether oxygens (including phenoxy) is 1. The first-order valence-corrected chi connectivity index (χ1v) is 8.83. The minimum absolute atomic E-state index is 0.142. The standard InChI is InChI=1S/C20H22N2O5/c1-4-9-21-17(23)12-22-14-11-13(18(24)16-6-5-10-26-16)7-8-15(14)27-20(2,3)19(22)25/h5-8,10-11H,4,9,12H2,1-3H3,(H,21,23). The highest BCUT2D eigenvalue weighted by atomic mass is 16.5. The molecular formula is C20H22N2O5. The Morgan fingerprint density at radius 1 is 1.22 bits per heavy atom. The van der Waals surface area contributed by atoms with Crippen molar-refractivity contribution in [2.24, 2.45) is 0 Å². The molecule has 7 nitrogen and oxygen atoms in total. The minimum Gasteiger partial charge on any atom is -0.476 e. The van der Waals surface area contributed by atoms with Crippen LogP contribution in [0, 0.1) is 0 Å². The Labute approximate surface area is 157 Å². The van der Waals surface area contributed by atoms with E-state index in [9.17, 15) is 14.4 Å². The molecule has 0 fully saturated rings. The molecule has 0 bridgehead atoms. The number of carbonyl (C=O) groups is 3. The summed E-state index contributed by atoms with van der Waals surface area (Å²) in [4.78, 5) is 39.0. The number of hydrogen-bond acceptors (Lipinski definition) is 5. The zero-order valence-corrected chi connectivity index (χ0v) is 15.6. The summed E-state index contributed by atoms with van der Waals surface area (Å²) in [5.74, 6) is -0.277. The van der Waals surface area contributed by atoms with Crippen molar-refractivity contribution in [2.75, 3.05) is 18.0 Å². The molecule has 0 radical (unpaired) electrons. The second kappa shape index (κ2) is 7.26. The highest BCUT2D eigenvalue weighted by molar-refractivity contribution is 6.10. The molecule has 1 N–H and O–H groups in total. The molecule has 0 saturated carbocycles. The molecule has 1 aliphatic rings. The van der Waals surface area contributed by atoms with Gasteiger partial charge in [0.2, 0.25) is 11.7 Å². The highest BCUT2D eigenvalue weighted by Gasteiger charge is 2.41. The number of amides is 2. The van der Waals surface area contributed by atoms with Crippen molar-refractivity contribution in [3.8, 4) is 5.75 Å². The van der Waals surface area contributed by atoms with E-state index in [1.54, 1.807) is 44.2 Å². The second-order valence-electron chi connectivity index (χ2n) is 6.84. The third-order valence-electron chi connectivity index (χ3n) is 4.26. The maximum Gasteiger partial charge on any atom is 0.271 e. The number of hydrogen-bond donors (Lipinski definition) is 1. The molecule has 2 aromatic rings. The lowest BCUT2D eigenvalue weighted by molar-refractivity contribution is -0.134. The zero-order valence-electron chi connectivity index (χ0n) is 15.6. The third kappa shape index (κ3) is 3.72. The van der Waals surface area contributed by atoms with Crippen LogP contribution in [0.3, 0.4) is 0 Å². The summed E-state index contributed by atoms with van der Waals surface area (Å²) < 4.78 is 11.0. The maximum absolute atomic E-state index is 12.8. The number of nitrogens with zero attached hydrogens (tertiary/aromatic N) is 1. The Hall–Kier alpha value is -3.09. The number of nitrogens with one attached hydrogen (secondary N) is 1. The van der Waals surface area contributed by atoms with E-state index in [1.165, 1.54) is 11.2 Å². The number of furan rings is 1. The number of anilines is 1. The lowest BCUT2D eigenvalue weighted by atomic mass is 10.0. The Bertz CT molecular complexity index is 871. The first-order chi connectivity index (χ1) is 12.8. The molecule has 142 valence electrons. The summed E-state index contributed by atoms with van der Waals surface area (Å²) in [7, 11) is 0. The van der Waals surface area contributed by atoms with E-state index >= 15 is 0 Å². The Morgan fingerprint density at radius 3 is 2.67 bits per heavy atom. The number of fused-ring (bicyclic) bond motifs is 1. The SMILES string of the molecule is CCCNC(=O)CN1C(=O)C(C)(C)Oc2ccc(C(=O)c3ccco3)cc21. The fraction of sp³-hybridized carbons (Fsp3) is 0.350. The van der Waals surface area contributed by atoms with Crippen molar-refractivity contribution in [3.05, 3.63) is 47.9 Å². The van der Waals surface area contributed by atoms with Gasteiger partial charge < -0.3 is 14.5 Å². The molecule has 0 spiro atoms. The van der Waals surface area contributed by atoms with Crippen LogP contribution in [0.1, 0.15) is 43.3 Å². The van der Waals surface area contributed by atoms with Crippen molar-refractivity contribution in [3.63, 3.8) is 0 Å². The monoisotopic (exact) mass is 370 g/mol. The fourth-order valence-electron chi connectivity index (χ4n) is 2.88. The molecule has 27 heavy (non-hydrogen) atoms. The van der Waals surface area contributed by atoms with Crippen LogP contribution in [0.4, 0.5) is 5.69 Å². The highest BCUT2D eigenvalue weighted by Crippen LogP contribution is 2.38. The van der Waals surface area contributed by atoms with E-state index in [2.05, 4.69) is 5.32 Å². The van der Waals surface area contributed by atoms with Crippen molar-refractivity contribution in [1.82, 2.24) is 5.32 Å². The molecule has 0 unspecified atom stereocenters. The summed E-state index contributed by atoms with van der Waals surface area (Å²) in [6, 6.07) is 8.01. The van der Waals surface area contributed by atoms with E-state index in [4.69, 9.17) is 9.15 Å². The largest absolute Gasteiger partial charge is 0.476 e. The van der Waals surface area contributed by atoms with Crippen molar-refractivity contribution < 1.29 is 23.5 Å². The van der Waals surface area contributed by atoms with E-state index in [1.807, 2.05) is 6.92 Å². The fourth-order valence-corrected chi connectivity index (χ4v) is 2.88. The summed E-state index contributed by atoms with van der Waals surface area (Å²) in [6.07, 6.45) is 2.22. The smallest absolute Gasteiger partial charge is 0.271 e. The van der Waals surface area contributed by atoms with Gasteiger partial charge in [-0.2, -0.15) is 0 Å². The molecular weight excluding hydrogens is 348 g/mol. The Balaban J connectivity index is 1.96. The molecule has 2 heterocycles. The van der Waals surface area contributed by atoms with Crippen LogP contribution in [-0.2, 0) is 9.59 Å². The number of rotatable bonds is 6. The van der Waals surface area contributed by atoms with Gasteiger partial charge in [-0.3, -0.25) is 19.3 Å². The van der Waals surface area contributed by atoms with Gasteiger partial charge in [-0.05, 0) is 50.6 Å². The normalized spacial score (nSPS) is 15.1. The van der Waals surface area contributed by atoms with Gasteiger partial charge in [0, 0.05) is 12.1 Å². The topological polar surface area (TPSA) is 88.9 Å². The molecule has 2 amide bonds. The van der Waals surface area contributed by atoms with E-state index in [-0.39, 0.29) is 29.9 Å². The molecule has 1 aliphatic heterocycles. The lowest BCUT2D eigenvalue weighted by Crippen LogP contribution is -2.55. The van der Waals surface area contributed by atoms with Gasteiger partial charge in [0.05, 0.1) is 12.0 Å². The van der Waals surface area contributed by atoms with Crippen LogP contribution >= 0.6 is 0 Å². The summed E-state index contributed by atoms with van der Waals surface area (Å²) in [5.41, 5.74) is -0.368. The van der Waals surface area contributed by atoms with Crippen LogP contribution in [-0.4, -0.2) is 36.3 Å². The maximum atomic E-state index is 12.8. The van der Waals surface area contributed by atoms with Gasteiger partial charge in [0.15, 0.2) is 11.4 Å². The van der Waals surface area contributed by atoms with Gasteiger partial charge in [-0.15, -0.1) is 0 Å². The molecule has 1 aromatic carbocycles. The molecule has 7 heteroatoms. The molecule has 1 aromatic heterocycles. The van der Waals surface area contributed by atoms with E-state index in [0.29, 0.717) is 23.5 Å². The predicted octanol–water partition coefficient (Wildman–Crippen LogP) is 2.54. The Kier molecular flexibility index (Phi) is 5.03. The van der Waals surface area contributed by atoms with E-state index < -0.39 is 5.60 Å². The average Bonchev–Trinajstić information content (AvgIpc) is 3.17. The number of ketones is 1. The van der Waals surface area contributed by atoms with Crippen molar-refractivity contribution in [2.45, 2.75) is 32.8 Å². The molecule has 0 saturated heterocycles. The summed E-state index contributed by atoms with van der Waals surface area (Å²) in [5, 5.41) is 2.76. The van der Waals surface area contributed by atoms with Gasteiger partial charge >= 0.3 is 0 Å². The van der Waals surface area contributed by atoms with Crippen LogP contribution in [0.15, 0.2) is 41.0 Å². The first-order valence-electron chi connectivity index (χ1n) is 8.83. The minimum atomic E-state index is -1.11. The Morgan fingerprint density at radius 2 is 2.00 bits per heavy atom. The average molecular weight is 370 g/mol. The van der Waals surface area contributed by atoms with Crippen molar-refractivity contribution >= 4 is 23.3 Å². The van der Waals surface area contributed by atoms with Crippen LogP contribution in [0.25, 0.3) is 0 Å². The van der Waals surface area contributed by atoms with E-state index in [0.717, 1.165) is 6.42 Å². The lowest BCUT2D eigenvalue weighted by Gasteiger charge is -2.38.